The predicted octanol–water partition coefficient (Wildman–Crippen LogP) is 10.7. The first-order chi connectivity index (χ1) is 17.6. The van der Waals surface area contributed by atoms with Gasteiger partial charge in [-0.05, 0) is 38.0 Å². The van der Waals surface area contributed by atoms with E-state index in [4.69, 9.17) is 4.74 Å². The first kappa shape index (κ1) is 35.4. The molecule has 0 amide bonds. The summed E-state index contributed by atoms with van der Waals surface area (Å²) in [7, 11) is 0. The maximum atomic E-state index is 12.0. The molecule has 3 heteroatoms. The van der Waals surface area contributed by atoms with Gasteiger partial charge in [0.15, 0.2) is 0 Å². The van der Waals surface area contributed by atoms with Crippen LogP contribution in [0.25, 0.3) is 0 Å². The van der Waals surface area contributed by atoms with E-state index in [1.807, 2.05) is 0 Å². The molecule has 0 aromatic rings. The lowest BCUT2D eigenvalue weighted by atomic mass is 9.90. The van der Waals surface area contributed by atoms with E-state index < -0.39 is 0 Å². The van der Waals surface area contributed by atoms with E-state index in [2.05, 4.69) is 20.8 Å². The lowest BCUT2D eigenvalue weighted by molar-refractivity contribution is -0.144. The molecular formula is C33H66O3. The van der Waals surface area contributed by atoms with Crippen LogP contribution in [0, 0.1) is 5.92 Å². The maximum Gasteiger partial charge on any atom is 0.305 e. The largest absolute Gasteiger partial charge is 0.466 e. The third-order valence-electron chi connectivity index (χ3n) is 7.76. The molecule has 0 heterocycles. The van der Waals surface area contributed by atoms with Gasteiger partial charge >= 0.3 is 5.97 Å². The van der Waals surface area contributed by atoms with Crippen LogP contribution in [-0.4, -0.2) is 23.8 Å². The summed E-state index contributed by atoms with van der Waals surface area (Å²) < 4.78 is 5.48. The van der Waals surface area contributed by atoms with Gasteiger partial charge in [0.05, 0.1) is 12.7 Å². The summed E-state index contributed by atoms with van der Waals surface area (Å²) in [5, 5.41) is 10.1. The van der Waals surface area contributed by atoms with Crippen molar-refractivity contribution < 1.29 is 14.6 Å². The van der Waals surface area contributed by atoms with Crippen molar-refractivity contribution in [3.05, 3.63) is 0 Å². The minimum atomic E-state index is -0.255. The van der Waals surface area contributed by atoms with Crippen LogP contribution >= 0.6 is 0 Å². The van der Waals surface area contributed by atoms with Gasteiger partial charge in [-0.2, -0.15) is 0 Å². The van der Waals surface area contributed by atoms with Crippen LogP contribution in [0.3, 0.4) is 0 Å². The van der Waals surface area contributed by atoms with Gasteiger partial charge in [0.25, 0.3) is 0 Å². The normalized spacial score (nSPS) is 12.4. The first-order valence-electron chi connectivity index (χ1n) is 16.5. The number of rotatable bonds is 29. The van der Waals surface area contributed by atoms with E-state index in [1.54, 1.807) is 0 Å². The molecule has 0 aromatic carbocycles. The zero-order valence-corrected chi connectivity index (χ0v) is 25.0. The Kier molecular flexibility index (Phi) is 28.5. The fourth-order valence-electron chi connectivity index (χ4n) is 5.26. The number of hydrogen-bond donors (Lipinski definition) is 1. The fourth-order valence-corrected chi connectivity index (χ4v) is 5.26. The van der Waals surface area contributed by atoms with Gasteiger partial charge < -0.3 is 9.84 Å². The first-order valence-corrected chi connectivity index (χ1v) is 16.5. The summed E-state index contributed by atoms with van der Waals surface area (Å²) in [6, 6.07) is 0. The number of ether oxygens (including phenoxy) is 1. The van der Waals surface area contributed by atoms with Crippen LogP contribution in [-0.2, 0) is 9.53 Å². The zero-order valence-electron chi connectivity index (χ0n) is 25.0. The zero-order chi connectivity index (χ0) is 26.5. The monoisotopic (exact) mass is 511 g/mol. The Morgan fingerprint density at radius 2 is 0.917 bits per heavy atom. The highest BCUT2D eigenvalue weighted by atomic mass is 16.5. The van der Waals surface area contributed by atoms with E-state index in [0.29, 0.717) is 13.0 Å². The van der Waals surface area contributed by atoms with E-state index in [1.165, 1.54) is 128 Å². The highest BCUT2D eigenvalue weighted by Crippen LogP contribution is 2.24. The second-order valence-electron chi connectivity index (χ2n) is 11.4. The summed E-state index contributed by atoms with van der Waals surface area (Å²) >= 11 is 0. The lowest BCUT2D eigenvalue weighted by Gasteiger charge is -2.17. The summed E-state index contributed by atoms with van der Waals surface area (Å²) in [6.45, 7) is 7.36. The fraction of sp³-hybridized carbons (Fsp3) is 0.970. The lowest BCUT2D eigenvalue weighted by Crippen LogP contribution is -2.10. The highest BCUT2D eigenvalue weighted by Gasteiger charge is 2.10. The molecule has 36 heavy (non-hydrogen) atoms. The Balaban J connectivity index is 3.89. The van der Waals surface area contributed by atoms with Crippen molar-refractivity contribution in [2.24, 2.45) is 5.92 Å². The highest BCUT2D eigenvalue weighted by molar-refractivity contribution is 5.69. The molecule has 1 atom stereocenters. The molecule has 0 aliphatic rings. The van der Waals surface area contributed by atoms with E-state index in [-0.39, 0.29) is 12.1 Å². The standard InChI is InChI=1S/C33H66O3/c1-4-7-10-13-16-18-24-31(25-19-17-14-11-8-5-2)26-21-22-30-36-33(35)29-23-28-32(34)27-20-15-12-9-6-3/h31-32,34H,4-30H2,1-3H3. The smallest absolute Gasteiger partial charge is 0.305 e. The van der Waals surface area contributed by atoms with Gasteiger partial charge in [-0.3, -0.25) is 4.79 Å². The Morgan fingerprint density at radius 3 is 1.42 bits per heavy atom. The topological polar surface area (TPSA) is 46.5 Å². The quantitative estimate of drug-likeness (QED) is 0.0803. The van der Waals surface area contributed by atoms with E-state index in [0.717, 1.165) is 38.0 Å². The number of unbranched alkanes of at least 4 members (excludes halogenated alkanes) is 15. The van der Waals surface area contributed by atoms with Crippen LogP contribution in [0.2, 0.25) is 0 Å². The summed E-state index contributed by atoms with van der Waals surface area (Å²) in [5.41, 5.74) is 0. The number of hydrogen-bond acceptors (Lipinski definition) is 3. The maximum absolute atomic E-state index is 12.0. The molecular weight excluding hydrogens is 444 g/mol. The Bertz CT molecular complexity index is 421. The molecule has 0 radical (unpaired) electrons. The molecule has 1 unspecified atom stereocenters. The number of carbonyl (C=O) groups excluding carboxylic acids is 1. The van der Waals surface area contributed by atoms with Crippen molar-refractivity contribution in [3.63, 3.8) is 0 Å². The van der Waals surface area contributed by atoms with E-state index >= 15 is 0 Å². The van der Waals surface area contributed by atoms with Crippen molar-refractivity contribution in [1.82, 2.24) is 0 Å². The SMILES string of the molecule is CCCCCCCCC(CCCCCCCC)CCCCOC(=O)CCCC(O)CCCCCCC. The number of carbonyl (C=O) groups is 1. The Hall–Kier alpha value is -0.570. The van der Waals surface area contributed by atoms with Gasteiger partial charge in [-0.1, -0.05) is 149 Å². The summed E-state index contributed by atoms with van der Waals surface area (Å²) in [4.78, 5) is 12.0. The average Bonchev–Trinajstić information content (AvgIpc) is 2.87. The number of aliphatic hydroxyl groups excluding tert-OH is 1. The van der Waals surface area contributed by atoms with Crippen molar-refractivity contribution in [2.75, 3.05) is 6.61 Å². The second-order valence-corrected chi connectivity index (χ2v) is 11.4. The second kappa shape index (κ2) is 29.0. The molecule has 3 nitrogen and oxygen atoms in total. The van der Waals surface area contributed by atoms with Crippen molar-refractivity contribution in [3.8, 4) is 0 Å². The van der Waals surface area contributed by atoms with Gasteiger partial charge in [-0.15, -0.1) is 0 Å². The third-order valence-corrected chi connectivity index (χ3v) is 7.76. The molecule has 0 aliphatic carbocycles. The van der Waals surface area contributed by atoms with Crippen LogP contribution in [0.1, 0.15) is 188 Å². The molecule has 0 rings (SSSR count). The molecule has 0 saturated heterocycles. The minimum Gasteiger partial charge on any atom is -0.466 e. The summed E-state index contributed by atoms with van der Waals surface area (Å²) in [6.07, 6.45) is 31.6. The molecule has 0 saturated carbocycles. The van der Waals surface area contributed by atoms with Crippen LogP contribution in [0.15, 0.2) is 0 Å². The molecule has 0 fully saturated rings. The number of aliphatic hydroxyl groups is 1. The Labute approximate surface area is 226 Å². The number of esters is 1. The molecule has 1 N–H and O–H groups in total. The van der Waals surface area contributed by atoms with E-state index in [9.17, 15) is 9.90 Å². The molecule has 0 aromatic heterocycles. The average molecular weight is 511 g/mol. The molecule has 0 aliphatic heterocycles. The van der Waals surface area contributed by atoms with Gasteiger partial charge in [-0.25, -0.2) is 0 Å². The Morgan fingerprint density at radius 1 is 0.528 bits per heavy atom. The van der Waals surface area contributed by atoms with Crippen molar-refractivity contribution >= 4 is 5.97 Å². The summed E-state index contributed by atoms with van der Waals surface area (Å²) in [5.74, 6) is 0.780. The van der Waals surface area contributed by atoms with Crippen LogP contribution < -0.4 is 0 Å². The van der Waals surface area contributed by atoms with Gasteiger partial charge in [0.1, 0.15) is 0 Å². The van der Waals surface area contributed by atoms with Crippen molar-refractivity contribution in [1.29, 1.82) is 0 Å². The van der Waals surface area contributed by atoms with Crippen molar-refractivity contribution in [2.45, 2.75) is 194 Å². The predicted molar refractivity (Wildman–Crippen MR) is 158 cm³/mol. The minimum absolute atomic E-state index is 0.0825. The molecule has 216 valence electrons. The molecule has 0 bridgehead atoms. The van der Waals surface area contributed by atoms with Gasteiger partial charge in [0.2, 0.25) is 0 Å². The van der Waals surface area contributed by atoms with Crippen LogP contribution in [0.4, 0.5) is 0 Å². The van der Waals surface area contributed by atoms with Gasteiger partial charge in [0, 0.05) is 6.42 Å². The third kappa shape index (κ3) is 26.5. The molecule has 0 spiro atoms. The van der Waals surface area contributed by atoms with Crippen LogP contribution in [0.5, 0.6) is 0 Å².